The van der Waals surface area contributed by atoms with Crippen LogP contribution in [0.2, 0.25) is 0 Å². The van der Waals surface area contributed by atoms with Gasteiger partial charge in [0.15, 0.2) is 5.76 Å². The lowest BCUT2D eigenvalue weighted by molar-refractivity contribution is 0.0692. The van der Waals surface area contributed by atoms with Gasteiger partial charge in [0.25, 0.3) is 0 Å². The van der Waals surface area contributed by atoms with Gasteiger partial charge in [-0.1, -0.05) is 45.2 Å². The molecule has 4 heteroatoms. The van der Waals surface area contributed by atoms with Gasteiger partial charge in [0, 0.05) is 5.92 Å². The Morgan fingerprint density at radius 3 is 2.59 bits per heavy atom. The first kappa shape index (κ1) is 13.7. The summed E-state index contributed by atoms with van der Waals surface area (Å²) < 4.78 is 5.14. The molecule has 0 bridgehead atoms. The van der Waals surface area contributed by atoms with Crippen molar-refractivity contribution >= 4 is 5.97 Å². The minimum absolute atomic E-state index is 0.0537. The highest BCUT2D eigenvalue weighted by atomic mass is 16.5. The van der Waals surface area contributed by atoms with Crippen molar-refractivity contribution in [2.75, 3.05) is 0 Å². The smallest absolute Gasteiger partial charge is 0.341 e. The molecule has 1 aromatic rings. The number of aromatic nitrogens is 1. The number of carboxylic acid groups (broad SMARTS) is 1. The minimum atomic E-state index is -0.930. The van der Waals surface area contributed by atoms with Crippen LogP contribution in [0.25, 0.3) is 0 Å². The van der Waals surface area contributed by atoms with E-state index in [0.717, 1.165) is 12.8 Å². The molecule has 0 unspecified atom stereocenters. The van der Waals surface area contributed by atoms with Crippen molar-refractivity contribution in [3.63, 3.8) is 0 Å². The number of hydrogen-bond donors (Lipinski definition) is 1. The molecule has 17 heavy (non-hydrogen) atoms. The Hall–Kier alpha value is -1.32. The number of unbranched alkanes of at least 4 members (excludes halogenated alkanes) is 3. The van der Waals surface area contributed by atoms with Gasteiger partial charge < -0.3 is 9.63 Å². The van der Waals surface area contributed by atoms with Gasteiger partial charge in [-0.05, 0) is 12.8 Å². The second-order valence-electron chi connectivity index (χ2n) is 4.64. The quantitative estimate of drug-likeness (QED) is 0.738. The highest BCUT2D eigenvalue weighted by Gasteiger charge is 2.23. The van der Waals surface area contributed by atoms with E-state index in [1.165, 1.54) is 12.8 Å². The van der Waals surface area contributed by atoms with Crippen LogP contribution in [0.1, 0.15) is 74.2 Å². The standard InChI is InChI=1S/C13H21NO3/c1-4-5-6-7-8-10-11(13(15)16)12(9(2)3)17-14-10/h9H,4-8H2,1-3H3,(H,15,16). The Kier molecular flexibility index (Phi) is 5.19. The molecule has 0 aliphatic carbocycles. The van der Waals surface area contributed by atoms with E-state index in [1.54, 1.807) is 0 Å². The van der Waals surface area contributed by atoms with Gasteiger partial charge in [-0.25, -0.2) is 4.79 Å². The van der Waals surface area contributed by atoms with Crippen LogP contribution in [0.3, 0.4) is 0 Å². The van der Waals surface area contributed by atoms with Crippen LogP contribution in [0, 0.1) is 0 Å². The zero-order valence-electron chi connectivity index (χ0n) is 10.8. The van der Waals surface area contributed by atoms with Crippen LogP contribution in [0.15, 0.2) is 4.52 Å². The SMILES string of the molecule is CCCCCCc1noc(C(C)C)c1C(=O)O. The lowest BCUT2D eigenvalue weighted by Gasteiger charge is -2.01. The monoisotopic (exact) mass is 239 g/mol. The van der Waals surface area contributed by atoms with Crippen molar-refractivity contribution in [2.24, 2.45) is 0 Å². The number of nitrogens with zero attached hydrogens (tertiary/aromatic N) is 1. The normalized spacial score (nSPS) is 11.1. The maximum Gasteiger partial charge on any atom is 0.341 e. The lowest BCUT2D eigenvalue weighted by atomic mass is 10.0. The summed E-state index contributed by atoms with van der Waals surface area (Å²) in [5.41, 5.74) is 0.869. The average molecular weight is 239 g/mol. The Morgan fingerprint density at radius 1 is 1.35 bits per heavy atom. The van der Waals surface area contributed by atoms with E-state index >= 15 is 0 Å². The van der Waals surface area contributed by atoms with E-state index < -0.39 is 5.97 Å². The summed E-state index contributed by atoms with van der Waals surface area (Å²) in [4.78, 5) is 11.2. The van der Waals surface area contributed by atoms with Gasteiger partial charge in [-0.3, -0.25) is 0 Å². The third kappa shape index (κ3) is 3.58. The van der Waals surface area contributed by atoms with Crippen LogP contribution >= 0.6 is 0 Å². The Balaban J connectivity index is 2.74. The minimum Gasteiger partial charge on any atom is -0.477 e. The third-order valence-corrected chi connectivity index (χ3v) is 2.79. The number of carbonyl (C=O) groups is 1. The summed E-state index contributed by atoms with van der Waals surface area (Å²) in [6.07, 6.45) is 5.12. The molecule has 0 saturated carbocycles. The van der Waals surface area contributed by atoms with Gasteiger partial charge >= 0.3 is 5.97 Å². The van der Waals surface area contributed by atoms with Crippen LogP contribution < -0.4 is 0 Å². The molecule has 1 rings (SSSR count). The maximum absolute atomic E-state index is 11.2. The van der Waals surface area contributed by atoms with Gasteiger partial charge in [0.05, 0.1) is 5.69 Å². The molecule has 0 spiro atoms. The first-order valence-electron chi connectivity index (χ1n) is 6.29. The maximum atomic E-state index is 11.2. The fourth-order valence-electron chi connectivity index (χ4n) is 1.85. The van der Waals surface area contributed by atoms with Gasteiger partial charge in [0.2, 0.25) is 0 Å². The van der Waals surface area contributed by atoms with Crippen LogP contribution in [-0.2, 0) is 6.42 Å². The molecule has 0 aliphatic heterocycles. The van der Waals surface area contributed by atoms with Gasteiger partial charge in [0.1, 0.15) is 5.56 Å². The summed E-state index contributed by atoms with van der Waals surface area (Å²) >= 11 is 0. The van der Waals surface area contributed by atoms with Crippen molar-refractivity contribution in [1.29, 1.82) is 0 Å². The highest BCUT2D eigenvalue weighted by molar-refractivity contribution is 5.90. The summed E-state index contributed by atoms with van der Waals surface area (Å²) in [6.45, 7) is 5.97. The van der Waals surface area contributed by atoms with Crippen molar-refractivity contribution in [2.45, 2.75) is 58.8 Å². The van der Waals surface area contributed by atoms with Crippen LogP contribution in [-0.4, -0.2) is 16.2 Å². The van der Waals surface area contributed by atoms with E-state index in [-0.39, 0.29) is 11.5 Å². The summed E-state index contributed by atoms with van der Waals surface area (Å²) in [7, 11) is 0. The molecular weight excluding hydrogens is 218 g/mol. The van der Waals surface area contributed by atoms with Crippen molar-refractivity contribution < 1.29 is 14.4 Å². The van der Waals surface area contributed by atoms with Crippen molar-refractivity contribution in [3.05, 3.63) is 17.0 Å². The first-order valence-corrected chi connectivity index (χ1v) is 6.29. The van der Waals surface area contributed by atoms with E-state index in [1.807, 2.05) is 13.8 Å². The zero-order chi connectivity index (χ0) is 12.8. The lowest BCUT2D eigenvalue weighted by Crippen LogP contribution is -2.04. The Labute approximate surface area is 102 Å². The van der Waals surface area contributed by atoms with E-state index in [0.29, 0.717) is 17.9 Å². The van der Waals surface area contributed by atoms with Crippen LogP contribution in [0.5, 0.6) is 0 Å². The number of carboxylic acids is 1. The van der Waals surface area contributed by atoms with E-state index in [4.69, 9.17) is 4.52 Å². The van der Waals surface area contributed by atoms with Gasteiger partial charge in [-0.15, -0.1) is 0 Å². The molecule has 0 aromatic carbocycles. The molecular formula is C13H21NO3. The first-order chi connectivity index (χ1) is 8.07. The molecule has 0 atom stereocenters. The van der Waals surface area contributed by atoms with Gasteiger partial charge in [-0.2, -0.15) is 0 Å². The summed E-state index contributed by atoms with van der Waals surface area (Å²) in [5, 5.41) is 13.1. The number of hydrogen-bond acceptors (Lipinski definition) is 3. The average Bonchev–Trinajstić information content (AvgIpc) is 2.68. The largest absolute Gasteiger partial charge is 0.477 e. The van der Waals surface area contributed by atoms with Crippen molar-refractivity contribution in [1.82, 2.24) is 5.16 Å². The van der Waals surface area contributed by atoms with Crippen molar-refractivity contribution in [3.8, 4) is 0 Å². The summed E-state index contributed by atoms with van der Waals surface area (Å²) in [6, 6.07) is 0. The molecule has 0 fully saturated rings. The topological polar surface area (TPSA) is 63.3 Å². The molecule has 1 aromatic heterocycles. The Morgan fingerprint density at radius 2 is 2.06 bits per heavy atom. The predicted octanol–water partition coefficient (Wildman–Crippen LogP) is 3.62. The molecule has 4 nitrogen and oxygen atoms in total. The number of aromatic carboxylic acids is 1. The molecule has 1 N–H and O–H groups in total. The second kappa shape index (κ2) is 6.42. The Bertz CT molecular complexity index is 369. The summed E-state index contributed by atoms with van der Waals surface area (Å²) in [5.74, 6) is -0.388. The highest BCUT2D eigenvalue weighted by Crippen LogP contribution is 2.23. The van der Waals surface area contributed by atoms with Crippen LogP contribution in [0.4, 0.5) is 0 Å². The second-order valence-corrected chi connectivity index (χ2v) is 4.64. The molecule has 0 amide bonds. The molecule has 0 aliphatic rings. The van der Waals surface area contributed by atoms with E-state index in [2.05, 4.69) is 12.1 Å². The van der Waals surface area contributed by atoms with E-state index in [9.17, 15) is 9.90 Å². The molecule has 0 saturated heterocycles. The number of rotatable bonds is 7. The third-order valence-electron chi connectivity index (χ3n) is 2.79. The molecule has 1 heterocycles. The predicted molar refractivity (Wildman–Crippen MR) is 65.4 cm³/mol. The zero-order valence-corrected chi connectivity index (χ0v) is 10.8. The molecule has 0 radical (unpaired) electrons. The number of aryl methyl sites for hydroxylation is 1. The fraction of sp³-hybridized carbons (Fsp3) is 0.692. The molecule has 96 valence electrons. The fourth-order valence-corrected chi connectivity index (χ4v) is 1.85.